The number of carbonyl (C=O) groups is 1. The number of carboxylic acids is 1. The highest BCUT2D eigenvalue weighted by molar-refractivity contribution is 5.69. The second-order valence-corrected chi connectivity index (χ2v) is 5.98. The smallest absolute Gasteiger partial charge is 0.307 e. The van der Waals surface area contributed by atoms with Crippen LogP contribution in [0, 0.1) is 12.8 Å². The van der Waals surface area contributed by atoms with Crippen LogP contribution in [0.25, 0.3) is 0 Å². The van der Waals surface area contributed by atoms with E-state index in [1.807, 2.05) is 24.3 Å². The lowest BCUT2D eigenvalue weighted by Gasteiger charge is -2.23. The molecule has 1 fully saturated rings. The Balaban J connectivity index is 1.70. The molecule has 0 saturated heterocycles. The number of ether oxygens (including phenoxy) is 1. The quantitative estimate of drug-likeness (QED) is 0.711. The first-order valence-corrected chi connectivity index (χ1v) is 7.72. The highest BCUT2D eigenvalue weighted by atomic mass is 16.5. The van der Waals surface area contributed by atoms with Gasteiger partial charge in [0.2, 0.25) is 0 Å². The summed E-state index contributed by atoms with van der Waals surface area (Å²) in [4.78, 5) is 13.3. The van der Waals surface area contributed by atoms with Gasteiger partial charge in [-0.25, -0.2) is 0 Å². The SMILES string of the molecule is Cc1ccc(OCCCN(CC(C)C(=O)O)C2CC2)cc1. The number of aliphatic carboxylic acids is 1. The molecule has 4 heteroatoms. The van der Waals surface area contributed by atoms with Crippen molar-refractivity contribution in [1.82, 2.24) is 4.90 Å². The number of hydrogen-bond donors (Lipinski definition) is 1. The molecule has 0 aliphatic heterocycles. The van der Waals surface area contributed by atoms with Gasteiger partial charge >= 0.3 is 5.97 Å². The zero-order valence-electron chi connectivity index (χ0n) is 12.9. The van der Waals surface area contributed by atoms with Crippen LogP contribution in [0.4, 0.5) is 0 Å². The predicted molar refractivity (Wildman–Crippen MR) is 82.7 cm³/mol. The zero-order valence-corrected chi connectivity index (χ0v) is 12.9. The fourth-order valence-electron chi connectivity index (χ4n) is 2.38. The first-order valence-electron chi connectivity index (χ1n) is 7.72. The standard InChI is InChI=1S/C17H25NO3/c1-13-4-8-16(9-5-13)21-11-3-10-18(15-6-7-15)12-14(2)17(19)20/h4-5,8-9,14-15H,3,6-7,10-12H2,1-2H3,(H,19,20). The van der Waals surface area contributed by atoms with Gasteiger partial charge in [-0.3, -0.25) is 9.69 Å². The third-order valence-electron chi connectivity index (χ3n) is 3.87. The molecular formula is C17H25NO3. The Kier molecular flexibility index (Phi) is 5.62. The van der Waals surface area contributed by atoms with E-state index in [9.17, 15) is 4.79 Å². The molecule has 116 valence electrons. The number of hydrogen-bond acceptors (Lipinski definition) is 3. The van der Waals surface area contributed by atoms with Crippen LogP contribution in [0.2, 0.25) is 0 Å². The number of rotatable bonds is 9. The molecule has 1 N–H and O–H groups in total. The predicted octanol–water partition coefficient (Wildman–Crippen LogP) is 2.95. The van der Waals surface area contributed by atoms with Gasteiger partial charge < -0.3 is 9.84 Å². The largest absolute Gasteiger partial charge is 0.494 e. The van der Waals surface area contributed by atoms with Gasteiger partial charge in [-0.1, -0.05) is 24.6 Å². The van der Waals surface area contributed by atoms with Crippen LogP contribution in [0.1, 0.15) is 31.7 Å². The molecule has 2 rings (SSSR count). The molecule has 0 bridgehead atoms. The molecule has 21 heavy (non-hydrogen) atoms. The molecule has 1 unspecified atom stereocenters. The summed E-state index contributed by atoms with van der Waals surface area (Å²) in [6, 6.07) is 8.65. The molecule has 0 heterocycles. The molecule has 4 nitrogen and oxygen atoms in total. The lowest BCUT2D eigenvalue weighted by Crippen LogP contribution is -2.35. The van der Waals surface area contributed by atoms with E-state index in [-0.39, 0.29) is 5.92 Å². The van der Waals surface area contributed by atoms with Crippen molar-refractivity contribution < 1.29 is 14.6 Å². The van der Waals surface area contributed by atoms with Crippen LogP contribution in [0.15, 0.2) is 24.3 Å². The van der Waals surface area contributed by atoms with Crippen molar-refractivity contribution in [3.8, 4) is 5.75 Å². The number of nitrogens with zero attached hydrogens (tertiary/aromatic N) is 1. The molecule has 1 aliphatic rings. The first kappa shape index (κ1) is 15.8. The van der Waals surface area contributed by atoms with Crippen LogP contribution in [-0.2, 0) is 4.79 Å². The second kappa shape index (κ2) is 7.46. The van der Waals surface area contributed by atoms with Crippen LogP contribution in [-0.4, -0.2) is 41.7 Å². The normalized spacial score (nSPS) is 16.0. The van der Waals surface area contributed by atoms with E-state index in [1.54, 1.807) is 6.92 Å². The van der Waals surface area contributed by atoms with Crippen molar-refractivity contribution in [2.75, 3.05) is 19.7 Å². The Bertz CT molecular complexity index is 454. The van der Waals surface area contributed by atoms with Crippen molar-refractivity contribution >= 4 is 5.97 Å². The fourth-order valence-corrected chi connectivity index (χ4v) is 2.38. The van der Waals surface area contributed by atoms with Crippen molar-refractivity contribution in [2.24, 2.45) is 5.92 Å². The van der Waals surface area contributed by atoms with E-state index in [4.69, 9.17) is 9.84 Å². The summed E-state index contributed by atoms with van der Waals surface area (Å²) in [6.45, 7) is 6.06. The highest BCUT2D eigenvalue weighted by Crippen LogP contribution is 2.27. The highest BCUT2D eigenvalue weighted by Gasteiger charge is 2.30. The average molecular weight is 291 g/mol. The van der Waals surface area contributed by atoms with Gasteiger partial charge in [0.25, 0.3) is 0 Å². The second-order valence-electron chi connectivity index (χ2n) is 5.98. The molecule has 0 aromatic heterocycles. The minimum Gasteiger partial charge on any atom is -0.494 e. The molecule has 1 aliphatic carbocycles. The molecule has 1 atom stereocenters. The van der Waals surface area contributed by atoms with Crippen LogP contribution in [0.5, 0.6) is 5.75 Å². The Morgan fingerprint density at radius 1 is 1.38 bits per heavy atom. The van der Waals surface area contributed by atoms with Crippen molar-refractivity contribution in [3.05, 3.63) is 29.8 Å². The monoisotopic (exact) mass is 291 g/mol. The van der Waals surface area contributed by atoms with E-state index in [0.717, 1.165) is 18.7 Å². The minimum atomic E-state index is -0.712. The number of aryl methyl sites for hydroxylation is 1. The van der Waals surface area contributed by atoms with E-state index >= 15 is 0 Å². The van der Waals surface area contributed by atoms with E-state index in [2.05, 4.69) is 11.8 Å². The summed E-state index contributed by atoms with van der Waals surface area (Å²) < 4.78 is 5.72. The summed E-state index contributed by atoms with van der Waals surface area (Å²) in [6.07, 6.45) is 3.33. The maximum atomic E-state index is 11.0. The summed E-state index contributed by atoms with van der Waals surface area (Å²) >= 11 is 0. The molecule has 1 aromatic carbocycles. The summed E-state index contributed by atoms with van der Waals surface area (Å²) in [5, 5.41) is 9.02. The Labute approximate surface area is 126 Å². The van der Waals surface area contributed by atoms with Gasteiger partial charge in [-0.2, -0.15) is 0 Å². The summed E-state index contributed by atoms with van der Waals surface area (Å²) in [5.41, 5.74) is 1.23. The molecule has 1 saturated carbocycles. The third-order valence-corrected chi connectivity index (χ3v) is 3.87. The zero-order chi connectivity index (χ0) is 15.2. The Morgan fingerprint density at radius 3 is 2.62 bits per heavy atom. The van der Waals surface area contributed by atoms with Gasteiger partial charge in [-0.05, 0) is 38.3 Å². The van der Waals surface area contributed by atoms with Crippen molar-refractivity contribution in [1.29, 1.82) is 0 Å². The van der Waals surface area contributed by atoms with Crippen LogP contribution >= 0.6 is 0 Å². The van der Waals surface area contributed by atoms with Crippen molar-refractivity contribution in [2.45, 2.75) is 39.2 Å². The van der Waals surface area contributed by atoms with Gasteiger partial charge in [0, 0.05) is 19.1 Å². The number of benzene rings is 1. The molecule has 0 amide bonds. The van der Waals surface area contributed by atoms with Gasteiger partial charge in [-0.15, -0.1) is 0 Å². The van der Waals surface area contributed by atoms with Gasteiger partial charge in [0.1, 0.15) is 5.75 Å². The van der Waals surface area contributed by atoms with Crippen LogP contribution < -0.4 is 4.74 Å². The van der Waals surface area contributed by atoms with Crippen LogP contribution in [0.3, 0.4) is 0 Å². The maximum Gasteiger partial charge on any atom is 0.307 e. The molecule has 1 aromatic rings. The lowest BCUT2D eigenvalue weighted by molar-refractivity contribution is -0.141. The topological polar surface area (TPSA) is 49.8 Å². The van der Waals surface area contributed by atoms with E-state index in [1.165, 1.54) is 18.4 Å². The minimum absolute atomic E-state index is 0.302. The number of carboxylic acid groups (broad SMARTS) is 1. The summed E-state index contributed by atoms with van der Waals surface area (Å²) in [7, 11) is 0. The third kappa shape index (κ3) is 5.38. The fraction of sp³-hybridized carbons (Fsp3) is 0.588. The maximum absolute atomic E-state index is 11.0. The molecular weight excluding hydrogens is 266 g/mol. The molecule has 0 spiro atoms. The van der Waals surface area contributed by atoms with Crippen molar-refractivity contribution in [3.63, 3.8) is 0 Å². The Morgan fingerprint density at radius 2 is 2.05 bits per heavy atom. The van der Waals surface area contributed by atoms with E-state index in [0.29, 0.717) is 19.2 Å². The Hall–Kier alpha value is -1.55. The average Bonchev–Trinajstić information content (AvgIpc) is 3.28. The molecule has 0 radical (unpaired) electrons. The summed E-state index contributed by atoms with van der Waals surface area (Å²) in [5.74, 6) is -0.113. The van der Waals surface area contributed by atoms with E-state index < -0.39 is 5.97 Å². The van der Waals surface area contributed by atoms with Gasteiger partial charge in [0.05, 0.1) is 12.5 Å². The lowest BCUT2D eigenvalue weighted by atomic mass is 10.1. The van der Waals surface area contributed by atoms with Gasteiger partial charge in [0.15, 0.2) is 0 Å². The first-order chi connectivity index (χ1) is 10.1.